The van der Waals surface area contributed by atoms with Gasteiger partial charge in [0.1, 0.15) is 0 Å². The molecule has 136 valence electrons. The summed E-state index contributed by atoms with van der Waals surface area (Å²) in [6.07, 6.45) is 3.68. The Hall–Kier alpha value is -2.39. The van der Waals surface area contributed by atoms with Crippen LogP contribution in [0.2, 0.25) is 0 Å². The average molecular weight is 348 g/mol. The first-order chi connectivity index (χ1) is 12.8. The van der Waals surface area contributed by atoms with Crippen molar-refractivity contribution in [3.8, 4) is 0 Å². The Morgan fingerprint density at radius 1 is 1.08 bits per heavy atom. The van der Waals surface area contributed by atoms with Crippen LogP contribution in [-0.4, -0.2) is 30.4 Å². The third-order valence-electron chi connectivity index (χ3n) is 5.36. The maximum atomic E-state index is 11.6. The maximum absolute atomic E-state index is 11.6. The second kappa shape index (κ2) is 9.35. The molecule has 1 N–H and O–H groups in total. The van der Waals surface area contributed by atoms with Crippen molar-refractivity contribution in [2.75, 3.05) is 19.6 Å². The molecule has 3 heteroatoms. The van der Waals surface area contributed by atoms with Crippen molar-refractivity contribution in [1.82, 2.24) is 10.2 Å². The fourth-order valence-corrected chi connectivity index (χ4v) is 3.89. The van der Waals surface area contributed by atoms with Crippen LogP contribution in [0.4, 0.5) is 0 Å². The molecule has 0 saturated carbocycles. The van der Waals surface area contributed by atoms with E-state index in [1.54, 1.807) is 0 Å². The van der Waals surface area contributed by atoms with Crippen molar-refractivity contribution in [2.24, 2.45) is 5.92 Å². The molecule has 2 aromatic rings. The van der Waals surface area contributed by atoms with Gasteiger partial charge in [-0.15, -0.1) is 0 Å². The number of amides is 1. The molecule has 1 heterocycles. The number of carbonyl (C=O) groups excluding carboxylic acids is 1. The Kier molecular flexibility index (Phi) is 6.62. The van der Waals surface area contributed by atoms with Gasteiger partial charge in [-0.3, -0.25) is 9.69 Å². The number of carbonyl (C=O) groups is 1. The van der Waals surface area contributed by atoms with Crippen LogP contribution >= 0.6 is 0 Å². The largest absolute Gasteiger partial charge is 0.352 e. The molecular weight excluding hydrogens is 320 g/mol. The molecule has 1 unspecified atom stereocenters. The fraction of sp³-hybridized carbons (Fsp3) is 0.348. The van der Waals surface area contributed by atoms with Gasteiger partial charge in [0.05, 0.1) is 0 Å². The van der Waals surface area contributed by atoms with E-state index in [1.807, 2.05) is 6.07 Å². The predicted molar refractivity (Wildman–Crippen MR) is 107 cm³/mol. The van der Waals surface area contributed by atoms with Crippen molar-refractivity contribution in [1.29, 1.82) is 0 Å². The molecule has 0 aliphatic carbocycles. The number of hydrogen-bond donors (Lipinski definition) is 1. The predicted octanol–water partition coefficient (Wildman–Crippen LogP) is 3.98. The van der Waals surface area contributed by atoms with Gasteiger partial charge in [-0.2, -0.15) is 0 Å². The van der Waals surface area contributed by atoms with Crippen LogP contribution in [0.3, 0.4) is 0 Å². The first-order valence-corrected chi connectivity index (χ1v) is 9.47. The van der Waals surface area contributed by atoms with Gasteiger partial charge in [0, 0.05) is 19.0 Å². The van der Waals surface area contributed by atoms with E-state index in [0.29, 0.717) is 18.4 Å². The van der Waals surface area contributed by atoms with Crippen LogP contribution in [0.15, 0.2) is 73.3 Å². The van der Waals surface area contributed by atoms with Gasteiger partial charge in [-0.25, -0.2) is 0 Å². The molecule has 1 aliphatic rings. The molecule has 0 radical (unpaired) electrons. The van der Waals surface area contributed by atoms with E-state index in [4.69, 9.17) is 0 Å². The number of likely N-dealkylation sites (tertiary alicyclic amines) is 1. The zero-order valence-corrected chi connectivity index (χ0v) is 15.3. The number of nitrogens with zero attached hydrogens (tertiary/aromatic N) is 1. The maximum Gasteiger partial charge on any atom is 0.243 e. The van der Waals surface area contributed by atoms with E-state index in [9.17, 15) is 4.79 Å². The summed E-state index contributed by atoms with van der Waals surface area (Å²) in [4.78, 5) is 14.2. The zero-order chi connectivity index (χ0) is 18.2. The third kappa shape index (κ3) is 5.06. The first kappa shape index (κ1) is 18.4. The van der Waals surface area contributed by atoms with Gasteiger partial charge < -0.3 is 5.32 Å². The van der Waals surface area contributed by atoms with Crippen molar-refractivity contribution >= 4 is 5.91 Å². The number of piperidine rings is 1. The van der Waals surface area contributed by atoms with Crippen LogP contribution in [0.5, 0.6) is 0 Å². The van der Waals surface area contributed by atoms with Gasteiger partial charge in [-0.05, 0) is 49.1 Å². The Balaban J connectivity index is 1.61. The van der Waals surface area contributed by atoms with Crippen molar-refractivity contribution in [2.45, 2.75) is 25.3 Å². The van der Waals surface area contributed by atoms with Gasteiger partial charge in [0.2, 0.25) is 5.91 Å². The molecule has 1 fully saturated rings. The minimum Gasteiger partial charge on any atom is -0.352 e. The lowest BCUT2D eigenvalue weighted by atomic mass is 9.80. The molecule has 0 spiro atoms. The second-order valence-corrected chi connectivity index (χ2v) is 7.07. The monoisotopic (exact) mass is 348 g/mol. The number of nitrogens with one attached hydrogen (secondary N) is 1. The summed E-state index contributed by atoms with van der Waals surface area (Å²) in [6.45, 7) is 7.48. The number of benzene rings is 2. The highest BCUT2D eigenvalue weighted by Crippen LogP contribution is 2.32. The van der Waals surface area contributed by atoms with Crippen molar-refractivity contribution in [3.05, 3.63) is 84.4 Å². The lowest BCUT2D eigenvalue weighted by Crippen LogP contribution is -2.38. The molecule has 3 rings (SSSR count). The minimum atomic E-state index is -0.0903. The number of hydrogen-bond acceptors (Lipinski definition) is 2. The van der Waals surface area contributed by atoms with Crippen LogP contribution < -0.4 is 5.32 Å². The highest BCUT2D eigenvalue weighted by atomic mass is 16.1. The van der Waals surface area contributed by atoms with E-state index >= 15 is 0 Å². The van der Waals surface area contributed by atoms with Crippen LogP contribution in [0, 0.1) is 5.92 Å². The van der Waals surface area contributed by atoms with Gasteiger partial charge in [0.25, 0.3) is 0 Å². The smallest absolute Gasteiger partial charge is 0.243 e. The summed E-state index contributed by atoms with van der Waals surface area (Å²) in [5.41, 5.74) is 2.70. The van der Waals surface area contributed by atoms with E-state index in [1.165, 1.54) is 17.2 Å². The quantitative estimate of drug-likeness (QED) is 0.768. The molecule has 1 aliphatic heterocycles. The van der Waals surface area contributed by atoms with E-state index in [0.717, 1.165) is 32.5 Å². The standard InChI is InChI=1S/C23H28N2O/c1-2-23(26)24-17-22(20-11-7-4-8-12-20)21-13-15-25(16-14-21)18-19-9-5-3-6-10-19/h2-12,21-22H,1,13-18H2,(H,24,26). The number of rotatable bonds is 7. The second-order valence-electron chi connectivity index (χ2n) is 7.07. The van der Waals surface area contributed by atoms with Crippen LogP contribution in [-0.2, 0) is 11.3 Å². The lowest BCUT2D eigenvalue weighted by molar-refractivity contribution is -0.116. The molecule has 3 nitrogen and oxygen atoms in total. The van der Waals surface area contributed by atoms with Crippen molar-refractivity contribution in [3.63, 3.8) is 0 Å². The first-order valence-electron chi connectivity index (χ1n) is 9.47. The third-order valence-corrected chi connectivity index (χ3v) is 5.36. The molecule has 0 aromatic heterocycles. The summed E-state index contributed by atoms with van der Waals surface area (Å²) in [5, 5.41) is 3.01. The normalized spacial score (nSPS) is 16.8. The van der Waals surface area contributed by atoms with Crippen LogP contribution in [0.1, 0.15) is 29.9 Å². The highest BCUT2D eigenvalue weighted by molar-refractivity contribution is 5.86. The minimum absolute atomic E-state index is 0.0903. The molecule has 26 heavy (non-hydrogen) atoms. The summed E-state index contributed by atoms with van der Waals surface area (Å²) in [6, 6.07) is 21.3. The van der Waals surface area contributed by atoms with Gasteiger partial charge in [-0.1, -0.05) is 67.2 Å². The van der Waals surface area contributed by atoms with Crippen molar-refractivity contribution < 1.29 is 4.79 Å². The zero-order valence-electron chi connectivity index (χ0n) is 15.3. The van der Waals surface area contributed by atoms with E-state index in [2.05, 4.69) is 71.4 Å². The van der Waals surface area contributed by atoms with Gasteiger partial charge >= 0.3 is 0 Å². The molecule has 1 amide bonds. The Morgan fingerprint density at radius 3 is 2.31 bits per heavy atom. The molecule has 0 bridgehead atoms. The van der Waals surface area contributed by atoms with Crippen LogP contribution in [0.25, 0.3) is 0 Å². The Labute approximate surface area is 156 Å². The Bertz CT molecular complexity index is 691. The summed E-state index contributed by atoms with van der Waals surface area (Å²) in [7, 11) is 0. The average Bonchev–Trinajstić information content (AvgIpc) is 2.71. The molecule has 2 aromatic carbocycles. The summed E-state index contributed by atoms with van der Waals surface area (Å²) >= 11 is 0. The lowest BCUT2D eigenvalue weighted by Gasteiger charge is -2.36. The molecule has 1 saturated heterocycles. The molecule has 1 atom stereocenters. The Morgan fingerprint density at radius 2 is 1.69 bits per heavy atom. The van der Waals surface area contributed by atoms with E-state index < -0.39 is 0 Å². The fourth-order valence-electron chi connectivity index (χ4n) is 3.89. The SMILES string of the molecule is C=CC(=O)NCC(c1ccccc1)C1CCN(Cc2ccccc2)CC1. The topological polar surface area (TPSA) is 32.3 Å². The summed E-state index contributed by atoms with van der Waals surface area (Å²) < 4.78 is 0. The van der Waals surface area contributed by atoms with E-state index in [-0.39, 0.29) is 5.91 Å². The molecular formula is C23H28N2O. The van der Waals surface area contributed by atoms with Gasteiger partial charge in [0.15, 0.2) is 0 Å². The highest BCUT2D eigenvalue weighted by Gasteiger charge is 2.27. The summed E-state index contributed by atoms with van der Waals surface area (Å²) in [5.74, 6) is 0.862.